The van der Waals surface area contributed by atoms with Gasteiger partial charge in [0.15, 0.2) is 0 Å². The minimum absolute atomic E-state index is 0.968. The molecule has 2 aliphatic heterocycles. The van der Waals surface area contributed by atoms with E-state index in [1.165, 1.54) is 5.70 Å². The van der Waals surface area contributed by atoms with Crippen molar-refractivity contribution in [2.45, 2.75) is 6.42 Å². The van der Waals surface area contributed by atoms with Gasteiger partial charge in [0, 0.05) is 38.9 Å². The fourth-order valence-corrected chi connectivity index (χ4v) is 1.63. The third-order valence-corrected chi connectivity index (χ3v) is 2.32. The summed E-state index contributed by atoms with van der Waals surface area (Å²) in [5.41, 5.74) is 1.32. The molecule has 0 radical (unpaired) electrons. The van der Waals surface area contributed by atoms with Crippen molar-refractivity contribution in [1.29, 1.82) is 0 Å². The molecule has 1 saturated heterocycles. The molecular formula is C9H15N3. The summed E-state index contributed by atoms with van der Waals surface area (Å²) in [7, 11) is 0. The Balaban J connectivity index is 1.97. The lowest BCUT2D eigenvalue weighted by molar-refractivity contribution is 0.311. The zero-order chi connectivity index (χ0) is 8.23. The average molecular weight is 165 g/mol. The van der Waals surface area contributed by atoms with E-state index in [9.17, 15) is 0 Å². The van der Waals surface area contributed by atoms with E-state index in [0.717, 1.165) is 39.1 Å². The molecule has 2 heterocycles. The van der Waals surface area contributed by atoms with E-state index >= 15 is 0 Å². The van der Waals surface area contributed by atoms with Crippen molar-refractivity contribution in [2.75, 3.05) is 32.7 Å². The third kappa shape index (κ3) is 1.67. The summed E-state index contributed by atoms with van der Waals surface area (Å²) < 4.78 is 0. The molecule has 0 aliphatic carbocycles. The van der Waals surface area contributed by atoms with E-state index in [0.29, 0.717) is 0 Å². The van der Waals surface area contributed by atoms with Gasteiger partial charge in [0.2, 0.25) is 0 Å². The van der Waals surface area contributed by atoms with Gasteiger partial charge in [-0.2, -0.15) is 0 Å². The molecule has 12 heavy (non-hydrogen) atoms. The van der Waals surface area contributed by atoms with Gasteiger partial charge in [-0.25, -0.2) is 0 Å². The lowest BCUT2D eigenvalue weighted by Gasteiger charge is -2.30. The van der Waals surface area contributed by atoms with Crippen LogP contribution < -0.4 is 5.32 Å². The van der Waals surface area contributed by atoms with E-state index in [4.69, 9.17) is 0 Å². The lowest BCUT2D eigenvalue weighted by Crippen LogP contribution is -2.43. The summed E-state index contributed by atoms with van der Waals surface area (Å²) in [6.45, 7) is 5.42. The van der Waals surface area contributed by atoms with Crippen molar-refractivity contribution in [3.05, 3.63) is 11.8 Å². The minimum atomic E-state index is 0.968. The second kappa shape index (κ2) is 3.72. The Labute approximate surface area is 73.2 Å². The van der Waals surface area contributed by atoms with Gasteiger partial charge in [0.1, 0.15) is 0 Å². The fourth-order valence-electron chi connectivity index (χ4n) is 1.63. The highest BCUT2D eigenvalue weighted by Crippen LogP contribution is 2.07. The highest BCUT2D eigenvalue weighted by atomic mass is 15.2. The Bertz CT molecular complexity index is 202. The normalized spacial score (nSPS) is 24.0. The SMILES string of the molecule is C1=NCCC=C1N1CCNCC1. The van der Waals surface area contributed by atoms with Gasteiger partial charge >= 0.3 is 0 Å². The maximum Gasteiger partial charge on any atom is 0.0508 e. The number of hydrogen-bond acceptors (Lipinski definition) is 3. The summed E-state index contributed by atoms with van der Waals surface area (Å²) >= 11 is 0. The molecule has 0 saturated carbocycles. The van der Waals surface area contributed by atoms with Gasteiger partial charge in [-0.05, 0) is 6.42 Å². The predicted molar refractivity (Wildman–Crippen MR) is 50.5 cm³/mol. The van der Waals surface area contributed by atoms with Gasteiger partial charge < -0.3 is 10.2 Å². The molecule has 0 atom stereocenters. The number of rotatable bonds is 1. The Morgan fingerprint density at radius 2 is 2.17 bits per heavy atom. The number of dihydropyridines is 1. The van der Waals surface area contributed by atoms with Crippen LogP contribution in [0.1, 0.15) is 6.42 Å². The van der Waals surface area contributed by atoms with Gasteiger partial charge in [0.25, 0.3) is 0 Å². The van der Waals surface area contributed by atoms with Crippen LogP contribution in [0.2, 0.25) is 0 Å². The fraction of sp³-hybridized carbons (Fsp3) is 0.667. The Kier molecular flexibility index (Phi) is 2.42. The number of nitrogens with zero attached hydrogens (tertiary/aromatic N) is 2. The highest BCUT2D eigenvalue weighted by Gasteiger charge is 2.11. The molecule has 3 heteroatoms. The van der Waals surface area contributed by atoms with Crippen molar-refractivity contribution >= 4 is 6.21 Å². The van der Waals surface area contributed by atoms with Crippen molar-refractivity contribution in [1.82, 2.24) is 10.2 Å². The molecule has 0 amide bonds. The first-order chi connectivity index (χ1) is 5.97. The van der Waals surface area contributed by atoms with Crippen molar-refractivity contribution in [3.63, 3.8) is 0 Å². The average Bonchev–Trinajstić information content (AvgIpc) is 2.21. The van der Waals surface area contributed by atoms with Crippen LogP contribution in [0, 0.1) is 0 Å². The molecule has 2 rings (SSSR count). The van der Waals surface area contributed by atoms with Crippen molar-refractivity contribution in [2.24, 2.45) is 4.99 Å². The number of piperazine rings is 1. The zero-order valence-corrected chi connectivity index (χ0v) is 7.29. The van der Waals surface area contributed by atoms with E-state index in [1.807, 2.05) is 6.21 Å². The van der Waals surface area contributed by atoms with Gasteiger partial charge in [0.05, 0.1) is 5.70 Å². The van der Waals surface area contributed by atoms with E-state index < -0.39 is 0 Å². The summed E-state index contributed by atoms with van der Waals surface area (Å²) in [6.07, 6.45) is 5.41. The van der Waals surface area contributed by atoms with Crippen LogP contribution in [-0.2, 0) is 0 Å². The van der Waals surface area contributed by atoms with E-state index in [-0.39, 0.29) is 0 Å². The molecule has 0 aromatic heterocycles. The zero-order valence-electron chi connectivity index (χ0n) is 7.29. The molecule has 0 bridgehead atoms. The Morgan fingerprint density at radius 3 is 2.83 bits per heavy atom. The minimum Gasteiger partial charge on any atom is -0.368 e. The number of hydrogen-bond donors (Lipinski definition) is 1. The van der Waals surface area contributed by atoms with Crippen LogP contribution in [0.15, 0.2) is 16.8 Å². The van der Waals surface area contributed by atoms with E-state index in [2.05, 4.69) is 21.3 Å². The largest absolute Gasteiger partial charge is 0.368 e. The molecule has 3 nitrogen and oxygen atoms in total. The quantitative estimate of drug-likeness (QED) is 0.603. The van der Waals surface area contributed by atoms with Crippen LogP contribution in [0.3, 0.4) is 0 Å². The van der Waals surface area contributed by atoms with Crippen LogP contribution in [0.25, 0.3) is 0 Å². The van der Waals surface area contributed by atoms with Crippen LogP contribution >= 0.6 is 0 Å². The molecule has 0 aromatic rings. The number of allylic oxidation sites excluding steroid dienone is 1. The third-order valence-electron chi connectivity index (χ3n) is 2.32. The van der Waals surface area contributed by atoms with Crippen molar-refractivity contribution in [3.8, 4) is 0 Å². The number of nitrogens with one attached hydrogen (secondary N) is 1. The Hall–Kier alpha value is -0.830. The summed E-state index contributed by atoms with van der Waals surface area (Å²) in [5.74, 6) is 0. The van der Waals surface area contributed by atoms with Gasteiger partial charge in [-0.3, -0.25) is 4.99 Å². The predicted octanol–water partition coefficient (Wildman–Crippen LogP) is 0.250. The summed E-state index contributed by atoms with van der Waals surface area (Å²) in [5, 5.41) is 3.34. The molecule has 0 aromatic carbocycles. The Morgan fingerprint density at radius 1 is 1.33 bits per heavy atom. The molecule has 0 unspecified atom stereocenters. The van der Waals surface area contributed by atoms with Crippen LogP contribution in [0.4, 0.5) is 0 Å². The topological polar surface area (TPSA) is 27.6 Å². The van der Waals surface area contributed by atoms with Crippen LogP contribution in [0.5, 0.6) is 0 Å². The summed E-state index contributed by atoms with van der Waals surface area (Å²) in [4.78, 5) is 6.68. The van der Waals surface area contributed by atoms with Crippen LogP contribution in [-0.4, -0.2) is 43.8 Å². The summed E-state index contributed by atoms with van der Waals surface area (Å²) in [6, 6.07) is 0. The number of aliphatic imine (C=N–C) groups is 1. The van der Waals surface area contributed by atoms with Gasteiger partial charge in [-0.15, -0.1) is 0 Å². The molecule has 2 aliphatic rings. The molecule has 1 fully saturated rings. The first-order valence-electron chi connectivity index (χ1n) is 4.62. The molecule has 0 spiro atoms. The smallest absolute Gasteiger partial charge is 0.0508 e. The molecule has 66 valence electrons. The maximum absolute atomic E-state index is 4.28. The lowest BCUT2D eigenvalue weighted by atomic mass is 10.2. The van der Waals surface area contributed by atoms with E-state index in [1.54, 1.807) is 0 Å². The highest BCUT2D eigenvalue weighted by molar-refractivity contribution is 5.78. The monoisotopic (exact) mass is 165 g/mol. The second-order valence-corrected chi connectivity index (χ2v) is 3.19. The van der Waals surface area contributed by atoms with Gasteiger partial charge in [-0.1, -0.05) is 6.08 Å². The second-order valence-electron chi connectivity index (χ2n) is 3.19. The first-order valence-corrected chi connectivity index (χ1v) is 4.62. The van der Waals surface area contributed by atoms with Crippen molar-refractivity contribution < 1.29 is 0 Å². The molecular weight excluding hydrogens is 150 g/mol. The standard InChI is InChI=1S/C9H15N3/c1-2-9(8-11-3-1)12-6-4-10-5-7-12/h2,8,10H,1,3-7H2. The first kappa shape index (κ1) is 7.80. The maximum atomic E-state index is 4.28. The molecule has 1 N–H and O–H groups in total.